The van der Waals surface area contributed by atoms with Gasteiger partial charge in [0.15, 0.2) is 0 Å². The molecule has 0 aromatic heterocycles. The van der Waals surface area contributed by atoms with Gasteiger partial charge in [0.05, 0.1) is 0 Å². The van der Waals surface area contributed by atoms with Crippen molar-refractivity contribution < 1.29 is 4.79 Å². The molecule has 1 aliphatic rings. The molecule has 18 heavy (non-hydrogen) atoms. The van der Waals surface area contributed by atoms with Crippen LogP contribution in [0.3, 0.4) is 0 Å². The maximum Gasteiger partial charge on any atom is 0.220 e. The highest BCUT2D eigenvalue weighted by molar-refractivity contribution is 5.80. The van der Waals surface area contributed by atoms with E-state index in [1.54, 1.807) is 0 Å². The summed E-state index contributed by atoms with van der Waals surface area (Å²) in [5, 5.41) is 3.17. The largest absolute Gasteiger partial charge is 0.352 e. The second kappa shape index (κ2) is 5.13. The number of carbonyl (C=O) groups excluding carboxylic acids is 1. The summed E-state index contributed by atoms with van der Waals surface area (Å²) in [7, 11) is 0. The summed E-state index contributed by atoms with van der Waals surface area (Å²) < 4.78 is 0. The van der Waals surface area contributed by atoms with Gasteiger partial charge in [-0.2, -0.15) is 0 Å². The molecule has 1 aliphatic heterocycles. The molecule has 1 N–H and O–H groups in total. The molecule has 1 saturated heterocycles. The first-order chi connectivity index (χ1) is 8.56. The molecule has 1 heterocycles. The summed E-state index contributed by atoms with van der Waals surface area (Å²) in [4.78, 5) is 11.8. The molecule has 3 unspecified atom stereocenters. The Morgan fingerprint density at radius 1 is 1.39 bits per heavy atom. The van der Waals surface area contributed by atoms with Crippen molar-refractivity contribution in [2.24, 2.45) is 11.3 Å². The van der Waals surface area contributed by atoms with Gasteiger partial charge in [0.2, 0.25) is 5.91 Å². The maximum absolute atomic E-state index is 11.8. The summed E-state index contributed by atoms with van der Waals surface area (Å²) in [5.41, 5.74) is 1.39. The van der Waals surface area contributed by atoms with E-state index in [-0.39, 0.29) is 17.4 Å². The fourth-order valence-corrected chi connectivity index (χ4v) is 3.00. The Bertz CT molecular complexity index is 414. The van der Waals surface area contributed by atoms with Gasteiger partial charge in [-0.15, -0.1) is 0 Å². The molecular formula is C16H23NO. The van der Waals surface area contributed by atoms with E-state index in [9.17, 15) is 4.79 Å². The van der Waals surface area contributed by atoms with Crippen molar-refractivity contribution in [3.05, 3.63) is 35.9 Å². The normalized spacial score (nSPS) is 29.1. The van der Waals surface area contributed by atoms with Gasteiger partial charge in [0, 0.05) is 12.5 Å². The molecule has 3 atom stereocenters. The number of hydrogen-bond donors (Lipinski definition) is 1. The average Bonchev–Trinajstić information content (AvgIpc) is 2.65. The van der Waals surface area contributed by atoms with E-state index in [1.165, 1.54) is 5.56 Å². The van der Waals surface area contributed by atoms with Crippen LogP contribution in [0.4, 0.5) is 0 Å². The van der Waals surface area contributed by atoms with Crippen molar-refractivity contribution in [1.82, 2.24) is 5.32 Å². The van der Waals surface area contributed by atoms with Crippen LogP contribution >= 0.6 is 0 Å². The molecule has 0 saturated carbocycles. The topological polar surface area (TPSA) is 29.1 Å². The fraction of sp³-hybridized carbons (Fsp3) is 0.562. The Morgan fingerprint density at radius 3 is 2.67 bits per heavy atom. The summed E-state index contributed by atoms with van der Waals surface area (Å²) in [6.07, 6.45) is 2.73. The minimum Gasteiger partial charge on any atom is -0.352 e. The van der Waals surface area contributed by atoms with Gasteiger partial charge in [-0.05, 0) is 23.3 Å². The molecule has 0 radical (unpaired) electrons. The molecule has 2 rings (SSSR count). The summed E-state index contributed by atoms with van der Waals surface area (Å²) >= 11 is 0. The van der Waals surface area contributed by atoms with Crippen molar-refractivity contribution in [2.45, 2.75) is 46.1 Å². The SMILES string of the molecule is CCC(C)C1(C)CC(=O)NC1Cc1ccccc1. The summed E-state index contributed by atoms with van der Waals surface area (Å²) in [5.74, 6) is 0.767. The van der Waals surface area contributed by atoms with Crippen LogP contribution < -0.4 is 5.32 Å². The van der Waals surface area contributed by atoms with Gasteiger partial charge >= 0.3 is 0 Å². The van der Waals surface area contributed by atoms with Gasteiger partial charge in [-0.25, -0.2) is 0 Å². The molecule has 0 bridgehead atoms. The smallest absolute Gasteiger partial charge is 0.220 e. The monoisotopic (exact) mass is 245 g/mol. The predicted molar refractivity (Wildman–Crippen MR) is 74.3 cm³/mol. The number of nitrogens with one attached hydrogen (secondary N) is 1. The van der Waals surface area contributed by atoms with E-state index < -0.39 is 0 Å². The molecule has 0 spiro atoms. The van der Waals surface area contributed by atoms with Gasteiger partial charge in [0.25, 0.3) is 0 Å². The third-order valence-corrected chi connectivity index (χ3v) is 4.69. The third-order valence-electron chi connectivity index (χ3n) is 4.69. The number of carbonyl (C=O) groups is 1. The highest BCUT2D eigenvalue weighted by Gasteiger charge is 2.45. The minimum atomic E-state index is 0.0850. The van der Waals surface area contributed by atoms with E-state index in [0.717, 1.165) is 12.8 Å². The van der Waals surface area contributed by atoms with E-state index in [0.29, 0.717) is 12.3 Å². The lowest BCUT2D eigenvalue weighted by Crippen LogP contribution is -2.41. The van der Waals surface area contributed by atoms with Crippen LogP contribution in [0.2, 0.25) is 0 Å². The van der Waals surface area contributed by atoms with Crippen molar-refractivity contribution in [3.8, 4) is 0 Å². The summed E-state index contributed by atoms with van der Waals surface area (Å²) in [6.45, 7) is 6.73. The Labute approximate surface area is 110 Å². The first-order valence-electron chi connectivity index (χ1n) is 6.89. The first-order valence-corrected chi connectivity index (χ1v) is 6.89. The van der Waals surface area contributed by atoms with E-state index in [1.807, 2.05) is 6.07 Å². The Kier molecular flexibility index (Phi) is 3.74. The Hall–Kier alpha value is -1.31. The quantitative estimate of drug-likeness (QED) is 0.867. The second-order valence-electron chi connectivity index (χ2n) is 5.80. The molecule has 1 aromatic carbocycles. The molecule has 1 aromatic rings. The minimum absolute atomic E-state index is 0.0850. The van der Waals surface area contributed by atoms with Crippen LogP contribution in [0, 0.1) is 11.3 Å². The zero-order valence-corrected chi connectivity index (χ0v) is 11.6. The van der Waals surface area contributed by atoms with Crippen molar-refractivity contribution in [1.29, 1.82) is 0 Å². The lowest BCUT2D eigenvalue weighted by Gasteiger charge is -2.35. The lowest BCUT2D eigenvalue weighted by atomic mass is 9.69. The second-order valence-corrected chi connectivity index (χ2v) is 5.80. The number of rotatable bonds is 4. The van der Waals surface area contributed by atoms with Gasteiger partial charge in [-0.1, -0.05) is 57.5 Å². The highest BCUT2D eigenvalue weighted by Crippen LogP contribution is 2.41. The number of amides is 1. The standard InChI is InChI=1S/C16H23NO/c1-4-12(2)16(3)11-15(18)17-14(16)10-13-8-6-5-7-9-13/h5-9,12,14H,4,10-11H2,1-3H3,(H,17,18). The molecular weight excluding hydrogens is 222 g/mol. The lowest BCUT2D eigenvalue weighted by molar-refractivity contribution is -0.119. The van der Waals surface area contributed by atoms with Crippen LogP contribution in [0.25, 0.3) is 0 Å². The van der Waals surface area contributed by atoms with Crippen LogP contribution in [-0.2, 0) is 11.2 Å². The number of benzene rings is 1. The molecule has 2 nitrogen and oxygen atoms in total. The zero-order valence-electron chi connectivity index (χ0n) is 11.6. The third kappa shape index (κ3) is 2.43. The van der Waals surface area contributed by atoms with Crippen molar-refractivity contribution in [2.75, 3.05) is 0 Å². The zero-order chi connectivity index (χ0) is 13.2. The van der Waals surface area contributed by atoms with Crippen LogP contribution in [0.1, 0.15) is 39.2 Å². The average molecular weight is 245 g/mol. The van der Waals surface area contributed by atoms with Crippen LogP contribution in [-0.4, -0.2) is 11.9 Å². The number of hydrogen-bond acceptors (Lipinski definition) is 1. The Balaban J connectivity index is 2.17. The highest BCUT2D eigenvalue weighted by atomic mass is 16.2. The van der Waals surface area contributed by atoms with Crippen molar-refractivity contribution in [3.63, 3.8) is 0 Å². The van der Waals surface area contributed by atoms with Gasteiger partial charge < -0.3 is 5.32 Å². The van der Waals surface area contributed by atoms with Crippen LogP contribution in [0.5, 0.6) is 0 Å². The maximum atomic E-state index is 11.8. The Morgan fingerprint density at radius 2 is 2.06 bits per heavy atom. The van der Waals surface area contributed by atoms with Gasteiger partial charge in [0.1, 0.15) is 0 Å². The van der Waals surface area contributed by atoms with Gasteiger partial charge in [-0.3, -0.25) is 4.79 Å². The van der Waals surface area contributed by atoms with Crippen molar-refractivity contribution >= 4 is 5.91 Å². The molecule has 1 amide bonds. The molecule has 0 aliphatic carbocycles. The van der Waals surface area contributed by atoms with E-state index in [4.69, 9.17) is 0 Å². The summed E-state index contributed by atoms with van der Waals surface area (Å²) in [6, 6.07) is 10.7. The molecule has 2 heteroatoms. The molecule has 1 fully saturated rings. The van der Waals surface area contributed by atoms with E-state index >= 15 is 0 Å². The predicted octanol–water partition coefficient (Wildman–Crippen LogP) is 3.17. The van der Waals surface area contributed by atoms with E-state index in [2.05, 4.69) is 50.4 Å². The first kappa shape index (κ1) is 13.1. The fourth-order valence-electron chi connectivity index (χ4n) is 3.00. The van der Waals surface area contributed by atoms with Crippen LogP contribution in [0.15, 0.2) is 30.3 Å². The molecule has 98 valence electrons.